The van der Waals surface area contributed by atoms with E-state index < -0.39 is 0 Å². The molecule has 1 fully saturated rings. The number of nitrogens with one attached hydrogen (secondary N) is 1. The molecule has 0 saturated carbocycles. The highest BCUT2D eigenvalue weighted by Crippen LogP contribution is 2.21. The number of hydrogen-bond acceptors (Lipinski definition) is 3. The maximum atomic E-state index is 12.3. The second kappa shape index (κ2) is 6.60. The Hall–Kier alpha value is -2.69. The van der Waals surface area contributed by atoms with Crippen molar-refractivity contribution < 1.29 is 9.59 Å². The molecule has 1 aliphatic rings. The molecule has 1 aromatic heterocycles. The summed E-state index contributed by atoms with van der Waals surface area (Å²) < 4.78 is 0. The highest BCUT2D eigenvalue weighted by molar-refractivity contribution is 5.96. The van der Waals surface area contributed by atoms with Crippen LogP contribution in [0.4, 0.5) is 5.82 Å². The molecule has 2 heterocycles. The lowest BCUT2D eigenvalue weighted by atomic mass is 10.1. The molecule has 1 N–H and O–H groups in total. The maximum absolute atomic E-state index is 12.3. The van der Waals surface area contributed by atoms with Crippen LogP contribution in [0.2, 0.25) is 0 Å². The number of carbonyl (C=O) groups is 2. The van der Waals surface area contributed by atoms with Gasteiger partial charge in [-0.1, -0.05) is 36.4 Å². The van der Waals surface area contributed by atoms with Crippen LogP contribution in [0, 0.1) is 12.8 Å². The van der Waals surface area contributed by atoms with Gasteiger partial charge in [-0.2, -0.15) is 0 Å². The van der Waals surface area contributed by atoms with Crippen molar-refractivity contribution >= 4 is 17.6 Å². The van der Waals surface area contributed by atoms with Crippen LogP contribution in [0.5, 0.6) is 0 Å². The fourth-order valence-corrected chi connectivity index (χ4v) is 2.75. The molecule has 1 saturated heterocycles. The molecule has 3 rings (SSSR count). The van der Waals surface area contributed by atoms with Gasteiger partial charge in [0.15, 0.2) is 0 Å². The van der Waals surface area contributed by atoms with Gasteiger partial charge in [0.25, 0.3) is 0 Å². The van der Waals surface area contributed by atoms with Gasteiger partial charge < -0.3 is 10.2 Å². The average Bonchev–Trinajstić information content (AvgIpc) is 2.89. The Bertz CT molecular complexity index is 715. The standard InChI is InChI=1S/C18H19N3O2/c1-13-6-5-9-16(19-13)20-18(23)15-10-17(22)21(12-15)11-14-7-3-2-4-8-14/h2-9,15H,10-12H2,1H3,(H,19,20,23)/t15-/m0/s1. The summed E-state index contributed by atoms with van der Waals surface area (Å²) in [6, 6.07) is 15.3. The van der Waals surface area contributed by atoms with Crippen molar-refractivity contribution in [2.75, 3.05) is 11.9 Å². The molecule has 5 heteroatoms. The Balaban J connectivity index is 1.61. The third-order valence-electron chi connectivity index (χ3n) is 3.94. The van der Waals surface area contributed by atoms with Crippen LogP contribution < -0.4 is 5.32 Å². The minimum atomic E-state index is -0.325. The summed E-state index contributed by atoms with van der Waals surface area (Å²) in [6.07, 6.45) is 0.254. The van der Waals surface area contributed by atoms with Crippen molar-refractivity contribution in [3.63, 3.8) is 0 Å². The van der Waals surface area contributed by atoms with Gasteiger partial charge in [0, 0.05) is 25.2 Å². The Morgan fingerprint density at radius 3 is 2.74 bits per heavy atom. The van der Waals surface area contributed by atoms with Crippen LogP contribution in [0.1, 0.15) is 17.7 Å². The number of hydrogen-bond donors (Lipinski definition) is 1. The van der Waals surface area contributed by atoms with Gasteiger partial charge in [-0.15, -0.1) is 0 Å². The largest absolute Gasteiger partial charge is 0.338 e. The molecule has 118 valence electrons. The molecule has 0 unspecified atom stereocenters. The smallest absolute Gasteiger partial charge is 0.230 e. The number of nitrogens with zero attached hydrogens (tertiary/aromatic N) is 2. The van der Waals surface area contributed by atoms with Gasteiger partial charge in [0.1, 0.15) is 5.82 Å². The van der Waals surface area contributed by atoms with E-state index in [1.165, 1.54) is 0 Å². The predicted octanol–water partition coefficient (Wildman–Crippen LogP) is 2.38. The highest BCUT2D eigenvalue weighted by atomic mass is 16.2. The Morgan fingerprint density at radius 1 is 1.22 bits per heavy atom. The molecule has 0 aliphatic carbocycles. The van der Waals surface area contributed by atoms with E-state index in [9.17, 15) is 9.59 Å². The Kier molecular flexibility index (Phi) is 4.37. The number of pyridine rings is 1. The van der Waals surface area contributed by atoms with Gasteiger partial charge in [-0.05, 0) is 24.6 Å². The first-order valence-electron chi connectivity index (χ1n) is 7.68. The van der Waals surface area contributed by atoms with E-state index in [-0.39, 0.29) is 24.2 Å². The lowest BCUT2D eigenvalue weighted by molar-refractivity contribution is -0.128. The fraction of sp³-hybridized carbons (Fsp3) is 0.278. The van der Waals surface area contributed by atoms with Crippen LogP contribution in [-0.4, -0.2) is 28.2 Å². The maximum Gasteiger partial charge on any atom is 0.230 e. The van der Waals surface area contributed by atoms with Crippen molar-refractivity contribution in [2.24, 2.45) is 5.92 Å². The third kappa shape index (κ3) is 3.74. The van der Waals surface area contributed by atoms with E-state index >= 15 is 0 Å². The molecular weight excluding hydrogens is 290 g/mol. The molecule has 0 bridgehead atoms. The van der Waals surface area contributed by atoms with Crippen molar-refractivity contribution in [3.05, 3.63) is 59.8 Å². The van der Waals surface area contributed by atoms with Crippen molar-refractivity contribution in [2.45, 2.75) is 19.9 Å². The van der Waals surface area contributed by atoms with Crippen LogP contribution in [-0.2, 0) is 16.1 Å². The number of amides is 2. The second-order valence-electron chi connectivity index (χ2n) is 5.81. The molecule has 1 aliphatic heterocycles. The van der Waals surface area contributed by atoms with Gasteiger partial charge in [-0.3, -0.25) is 9.59 Å². The predicted molar refractivity (Wildman–Crippen MR) is 87.6 cm³/mol. The summed E-state index contributed by atoms with van der Waals surface area (Å²) in [6.45, 7) is 2.87. The number of carbonyl (C=O) groups excluding carboxylic acids is 2. The van der Waals surface area contributed by atoms with Crippen LogP contribution in [0.3, 0.4) is 0 Å². The lowest BCUT2D eigenvalue weighted by Gasteiger charge is -2.16. The molecule has 1 atom stereocenters. The van der Waals surface area contributed by atoms with Crippen molar-refractivity contribution in [1.29, 1.82) is 0 Å². The number of aryl methyl sites for hydroxylation is 1. The first kappa shape index (κ1) is 15.2. The molecule has 0 radical (unpaired) electrons. The number of likely N-dealkylation sites (tertiary alicyclic amines) is 1. The summed E-state index contributed by atoms with van der Waals surface area (Å²) in [5, 5.41) is 2.80. The van der Waals surface area contributed by atoms with Gasteiger partial charge in [0.05, 0.1) is 5.92 Å². The molecule has 1 aromatic carbocycles. The summed E-state index contributed by atoms with van der Waals surface area (Å²) in [5.74, 6) is 0.0794. The normalized spacial score (nSPS) is 17.3. The Morgan fingerprint density at radius 2 is 2.00 bits per heavy atom. The van der Waals surface area contributed by atoms with Gasteiger partial charge >= 0.3 is 0 Å². The van der Waals surface area contributed by atoms with E-state index in [0.717, 1.165) is 11.3 Å². The van der Waals surface area contributed by atoms with E-state index in [1.54, 1.807) is 11.0 Å². The van der Waals surface area contributed by atoms with Crippen LogP contribution in [0.15, 0.2) is 48.5 Å². The number of benzene rings is 1. The highest BCUT2D eigenvalue weighted by Gasteiger charge is 2.34. The van der Waals surface area contributed by atoms with E-state index in [0.29, 0.717) is 18.9 Å². The van der Waals surface area contributed by atoms with Gasteiger partial charge in [0.2, 0.25) is 11.8 Å². The number of anilines is 1. The zero-order valence-electron chi connectivity index (χ0n) is 13.0. The summed E-state index contributed by atoms with van der Waals surface area (Å²) >= 11 is 0. The molecular formula is C18H19N3O2. The molecule has 0 spiro atoms. The van der Waals surface area contributed by atoms with E-state index in [2.05, 4.69) is 10.3 Å². The Labute approximate surface area is 135 Å². The minimum absolute atomic E-state index is 0.0196. The van der Waals surface area contributed by atoms with E-state index in [4.69, 9.17) is 0 Å². The summed E-state index contributed by atoms with van der Waals surface area (Å²) in [4.78, 5) is 30.5. The molecule has 5 nitrogen and oxygen atoms in total. The van der Waals surface area contributed by atoms with Crippen LogP contribution >= 0.6 is 0 Å². The second-order valence-corrected chi connectivity index (χ2v) is 5.81. The van der Waals surface area contributed by atoms with Crippen molar-refractivity contribution in [3.8, 4) is 0 Å². The zero-order valence-corrected chi connectivity index (χ0v) is 13.0. The monoisotopic (exact) mass is 309 g/mol. The first-order valence-corrected chi connectivity index (χ1v) is 7.68. The number of aromatic nitrogens is 1. The third-order valence-corrected chi connectivity index (χ3v) is 3.94. The molecule has 2 amide bonds. The van der Waals surface area contributed by atoms with Crippen molar-refractivity contribution in [1.82, 2.24) is 9.88 Å². The van der Waals surface area contributed by atoms with Crippen LogP contribution in [0.25, 0.3) is 0 Å². The minimum Gasteiger partial charge on any atom is -0.338 e. The quantitative estimate of drug-likeness (QED) is 0.943. The fourth-order valence-electron chi connectivity index (χ4n) is 2.75. The first-order chi connectivity index (χ1) is 11.1. The average molecular weight is 309 g/mol. The summed E-state index contributed by atoms with van der Waals surface area (Å²) in [5.41, 5.74) is 1.92. The van der Waals surface area contributed by atoms with E-state index in [1.807, 2.05) is 49.4 Å². The number of rotatable bonds is 4. The van der Waals surface area contributed by atoms with Gasteiger partial charge in [-0.25, -0.2) is 4.98 Å². The molecule has 2 aromatic rings. The molecule has 23 heavy (non-hydrogen) atoms. The lowest BCUT2D eigenvalue weighted by Crippen LogP contribution is -2.28. The SMILES string of the molecule is Cc1cccc(NC(=O)[C@H]2CC(=O)N(Cc3ccccc3)C2)n1. The summed E-state index contributed by atoms with van der Waals surface area (Å²) in [7, 11) is 0. The topological polar surface area (TPSA) is 62.3 Å². The zero-order chi connectivity index (χ0) is 16.2.